The highest BCUT2D eigenvalue weighted by molar-refractivity contribution is 4.67. The smallest absolute Gasteiger partial charge is 0.0724 e. The first-order valence-electron chi connectivity index (χ1n) is 6.73. The maximum Gasteiger partial charge on any atom is 0.0724 e. The molecule has 0 N–H and O–H groups in total. The molecule has 0 aromatic carbocycles. The quantitative estimate of drug-likeness (QED) is 0.738. The third kappa shape index (κ3) is 3.89. The van der Waals surface area contributed by atoms with Crippen LogP contribution in [0.2, 0.25) is 0 Å². The van der Waals surface area contributed by atoms with Gasteiger partial charge in [-0.3, -0.25) is 0 Å². The van der Waals surface area contributed by atoms with Gasteiger partial charge in [0.15, 0.2) is 0 Å². The highest BCUT2D eigenvalue weighted by Gasteiger charge is 2.25. The van der Waals surface area contributed by atoms with E-state index in [1.165, 1.54) is 0 Å². The normalized spacial score (nSPS) is 32.8. The summed E-state index contributed by atoms with van der Waals surface area (Å²) in [6.07, 6.45) is 2.71. The molecule has 2 unspecified atom stereocenters. The van der Waals surface area contributed by atoms with E-state index in [2.05, 4.69) is 13.8 Å². The van der Waals surface area contributed by atoms with Crippen molar-refractivity contribution in [3.63, 3.8) is 0 Å². The highest BCUT2D eigenvalue weighted by Crippen LogP contribution is 2.13. The first-order chi connectivity index (χ1) is 8.31. The predicted molar refractivity (Wildman–Crippen MR) is 64.3 cm³/mol. The Morgan fingerprint density at radius 3 is 1.82 bits per heavy atom. The number of morpholine rings is 2. The molecule has 2 heterocycles. The summed E-state index contributed by atoms with van der Waals surface area (Å²) in [5, 5.41) is 4.05. The fourth-order valence-corrected chi connectivity index (χ4v) is 2.19. The number of nitrogens with zero attached hydrogens (tertiary/aromatic N) is 2. The molecular formula is C12H24N2O3. The predicted octanol–water partition coefficient (Wildman–Crippen LogP) is 1.05. The van der Waals surface area contributed by atoms with E-state index in [0.717, 1.165) is 52.2 Å². The van der Waals surface area contributed by atoms with Gasteiger partial charge in [-0.15, -0.1) is 0 Å². The Morgan fingerprint density at radius 2 is 1.41 bits per heavy atom. The molecule has 17 heavy (non-hydrogen) atoms. The van der Waals surface area contributed by atoms with Crippen LogP contribution in [0.25, 0.3) is 0 Å². The van der Waals surface area contributed by atoms with E-state index in [1.807, 2.05) is 10.1 Å². The SMILES string of the molecule is CCC1CN(ON2CCOC(CC)C2)CCO1. The molecule has 0 bridgehead atoms. The van der Waals surface area contributed by atoms with E-state index in [-0.39, 0.29) is 0 Å². The second-order valence-corrected chi connectivity index (χ2v) is 4.66. The number of hydrogen-bond acceptors (Lipinski definition) is 5. The lowest BCUT2D eigenvalue weighted by atomic mass is 10.2. The van der Waals surface area contributed by atoms with Gasteiger partial charge >= 0.3 is 0 Å². The molecule has 2 aliphatic heterocycles. The molecule has 0 aliphatic carbocycles. The van der Waals surface area contributed by atoms with Gasteiger partial charge in [0.05, 0.1) is 38.5 Å². The molecule has 100 valence electrons. The second kappa shape index (κ2) is 6.66. The number of rotatable bonds is 4. The second-order valence-electron chi connectivity index (χ2n) is 4.66. The Hall–Kier alpha value is -0.200. The monoisotopic (exact) mass is 244 g/mol. The zero-order valence-electron chi connectivity index (χ0n) is 10.9. The van der Waals surface area contributed by atoms with Gasteiger partial charge in [-0.05, 0) is 12.8 Å². The van der Waals surface area contributed by atoms with Crippen LogP contribution >= 0.6 is 0 Å². The Labute approximate surface area is 104 Å². The van der Waals surface area contributed by atoms with Gasteiger partial charge in [0.2, 0.25) is 0 Å². The minimum atomic E-state index is 0.312. The molecule has 0 aromatic rings. The molecular weight excluding hydrogens is 220 g/mol. The van der Waals surface area contributed by atoms with Crippen molar-refractivity contribution in [1.29, 1.82) is 0 Å². The average molecular weight is 244 g/mol. The largest absolute Gasteiger partial charge is 0.375 e. The summed E-state index contributed by atoms with van der Waals surface area (Å²) in [5.41, 5.74) is 0. The van der Waals surface area contributed by atoms with Gasteiger partial charge in [-0.2, -0.15) is 10.1 Å². The van der Waals surface area contributed by atoms with Crippen LogP contribution in [0.5, 0.6) is 0 Å². The summed E-state index contributed by atoms with van der Waals surface area (Å²) in [5.74, 6) is 0. The summed E-state index contributed by atoms with van der Waals surface area (Å²) in [4.78, 5) is 5.90. The summed E-state index contributed by atoms with van der Waals surface area (Å²) >= 11 is 0. The molecule has 2 saturated heterocycles. The maximum atomic E-state index is 5.90. The van der Waals surface area contributed by atoms with E-state index >= 15 is 0 Å². The molecule has 2 fully saturated rings. The van der Waals surface area contributed by atoms with Crippen molar-refractivity contribution >= 4 is 0 Å². The van der Waals surface area contributed by atoms with E-state index in [9.17, 15) is 0 Å². The summed E-state index contributed by atoms with van der Waals surface area (Å²) in [7, 11) is 0. The molecule has 2 aliphatic rings. The molecule has 5 heteroatoms. The zero-order valence-corrected chi connectivity index (χ0v) is 10.9. The maximum absolute atomic E-state index is 5.90. The Bertz CT molecular complexity index is 206. The molecule has 5 nitrogen and oxygen atoms in total. The topological polar surface area (TPSA) is 34.2 Å². The van der Waals surface area contributed by atoms with Crippen molar-refractivity contribution in [3.8, 4) is 0 Å². The lowest BCUT2D eigenvalue weighted by Gasteiger charge is -2.37. The van der Waals surface area contributed by atoms with Crippen molar-refractivity contribution in [2.45, 2.75) is 38.9 Å². The number of hydroxylamine groups is 4. The van der Waals surface area contributed by atoms with Gasteiger partial charge < -0.3 is 9.47 Å². The first-order valence-corrected chi connectivity index (χ1v) is 6.73. The third-order valence-corrected chi connectivity index (χ3v) is 3.34. The van der Waals surface area contributed by atoms with Crippen LogP contribution in [0.15, 0.2) is 0 Å². The van der Waals surface area contributed by atoms with Crippen LogP contribution in [0.4, 0.5) is 0 Å². The van der Waals surface area contributed by atoms with Crippen LogP contribution in [-0.2, 0) is 14.4 Å². The lowest BCUT2D eigenvalue weighted by molar-refractivity contribution is -0.360. The average Bonchev–Trinajstić information content (AvgIpc) is 2.39. The Kier molecular flexibility index (Phi) is 5.18. The van der Waals surface area contributed by atoms with Crippen LogP contribution in [-0.4, -0.2) is 61.7 Å². The van der Waals surface area contributed by atoms with Crippen molar-refractivity contribution in [2.24, 2.45) is 0 Å². The van der Waals surface area contributed by atoms with Crippen LogP contribution in [0.1, 0.15) is 26.7 Å². The van der Waals surface area contributed by atoms with E-state index < -0.39 is 0 Å². The van der Waals surface area contributed by atoms with Gasteiger partial charge in [-0.25, -0.2) is 4.94 Å². The minimum Gasteiger partial charge on any atom is -0.375 e. The first kappa shape index (κ1) is 13.2. The Morgan fingerprint density at radius 1 is 0.941 bits per heavy atom. The van der Waals surface area contributed by atoms with E-state index in [0.29, 0.717) is 12.2 Å². The fourth-order valence-electron chi connectivity index (χ4n) is 2.19. The number of ether oxygens (including phenoxy) is 2. The minimum absolute atomic E-state index is 0.312. The van der Waals surface area contributed by atoms with Crippen LogP contribution in [0.3, 0.4) is 0 Å². The van der Waals surface area contributed by atoms with Gasteiger partial charge in [-0.1, -0.05) is 13.8 Å². The van der Waals surface area contributed by atoms with Crippen molar-refractivity contribution in [1.82, 2.24) is 10.1 Å². The Balaban J connectivity index is 1.75. The van der Waals surface area contributed by atoms with Gasteiger partial charge in [0, 0.05) is 13.1 Å². The summed E-state index contributed by atoms with van der Waals surface area (Å²) in [6, 6.07) is 0. The molecule has 0 aromatic heterocycles. The van der Waals surface area contributed by atoms with Gasteiger partial charge in [0.1, 0.15) is 0 Å². The van der Waals surface area contributed by atoms with Crippen molar-refractivity contribution in [2.75, 3.05) is 39.4 Å². The number of hydrogen-bond donors (Lipinski definition) is 0. The lowest BCUT2D eigenvalue weighted by Crippen LogP contribution is -2.50. The van der Waals surface area contributed by atoms with Crippen LogP contribution in [0, 0.1) is 0 Å². The summed E-state index contributed by atoms with van der Waals surface area (Å²) in [6.45, 7) is 9.26. The zero-order chi connectivity index (χ0) is 12.1. The summed E-state index contributed by atoms with van der Waals surface area (Å²) < 4.78 is 11.2. The van der Waals surface area contributed by atoms with E-state index in [1.54, 1.807) is 0 Å². The molecule has 2 atom stereocenters. The van der Waals surface area contributed by atoms with E-state index in [4.69, 9.17) is 14.4 Å². The van der Waals surface area contributed by atoms with Crippen molar-refractivity contribution < 1.29 is 14.4 Å². The third-order valence-electron chi connectivity index (χ3n) is 3.34. The molecule has 0 amide bonds. The molecule has 0 saturated carbocycles. The van der Waals surface area contributed by atoms with Crippen LogP contribution < -0.4 is 0 Å². The molecule has 0 radical (unpaired) electrons. The standard InChI is InChI=1S/C12H24N2O3/c1-3-11-9-13(5-7-15-11)17-14-6-8-16-12(4-2)10-14/h11-12H,3-10H2,1-2H3. The van der Waals surface area contributed by atoms with Gasteiger partial charge in [0.25, 0.3) is 0 Å². The molecule has 0 spiro atoms. The molecule has 2 rings (SSSR count). The highest BCUT2D eigenvalue weighted by atomic mass is 16.8. The van der Waals surface area contributed by atoms with Crippen molar-refractivity contribution in [3.05, 3.63) is 0 Å². The fraction of sp³-hybridized carbons (Fsp3) is 1.00.